The number of aryl methyl sites for hydroxylation is 1. The number of amides is 2. The zero-order chi connectivity index (χ0) is 14.3. The molecule has 0 aliphatic carbocycles. The van der Waals surface area contributed by atoms with Crippen LogP contribution in [0.3, 0.4) is 0 Å². The van der Waals surface area contributed by atoms with Crippen molar-refractivity contribution in [1.29, 1.82) is 0 Å². The summed E-state index contributed by atoms with van der Waals surface area (Å²) in [5, 5.41) is 5.86. The van der Waals surface area contributed by atoms with Gasteiger partial charge in [0.25, 0.3) is 0 Å². The van der Waals surface area contributed by atoms with Gasteiger partial charge < -0.3 is 10.6 Å². The lowest BCUT2D eigenvalue weighted by Crippen LogP contribution is -2.36. The summed E-state index contributed by atoms with van der Waals surface area (Å²) in [6.45, 7) is 8.55. The highest BCUT2D eigenvalue weighted by Gasteiger charge is 2.08. The minimum Gasteiger partial charge on any atom is -0.335 e. The molecule has 0 aliphatic heterocycles. The molecule has 1 unspecified atom stereocenters. The molecule has 0 fully saturated rings. The first-order chi connectivity index (χ1) is 9.01. The zero-order valence-corrected chi connectivity index (χ0v) is 12.5. The van der Waals surface area contributed by atoms with Gasteiger partial charge in [0.15, 0.2) is 0 Å². The van der Waals surface area contributed by atoms with Crippen molar-refractivity contribution in [3.63, 3.8) is 0 Å². The van der Waals surface area contributed by atoms with Crippen LogP contribution in [0.15, 0.2) is 24.3 Å². The minimum atomic E-state index is -0.121. The Morgan fingerprint density at radius 2 is 1.95 bits per heavy atom. The van der Waals surface area contributed by atoms with E-state index < -0.39 is 0 Å². The minimum absolute atomic E-state index is 0.121. The molecule has 0 spiro atoms. The van der Waals surface area contributed by atoms with Crippen LogP contribution in [-0.2, 0) is 6.42 Å². The summed E-state index contributed by atoms with van der Waals surface area (Å²) in [6.07, 6.45) is 3.12. The van der Waals surface area contributed by atoms with Gasteiger partial charge in [0.2, 0.25) is 0 Å². The predicted molar refractivity (Wildman–Crippen MR) is 81.5 cm³/mol. The van der Waals surface area contributed by atoms with E-state index in [2.05, 4.69) is 37.5 Å². The molecule has 1 rings (SSSR count). The highest BCUT2D eigenvalue weighted by Crippen LogP contribution is 2.11. The molecule has 0 saturated heterocycles. The molecule has 1 aromatic carbocycles. The lowest BCUT2D eigenvalue weighted by atomic mass is 10.0. The van der Waals surface area contributed by atoms with Crippen LogP contribution in [0.25, 0.3) is 0 Å². The van der Waals surface area contributed by atoms with Crippen LogP contribution < -0.4 is 10.6 Å². The Hall–Kier alpha value is -1.51. The second kappa shape index (κ2) is 7.82. The molecule has 0 radical (unpaired) electrons. The lowest BCUT2D eigenvalue weighted by molar-refractivity contribution is 0.248. The van der Waals surface area contributed by atoms with E-state index in [1.165, 1.54) is 5.56 Å². The Balaban J connectivity index is 2.41. The van der Waals surface area contributed by atoms with Gasteiger partial charge in [-0.05, 0) is 49.8 Å². The first-order valence-corrected chi connectivity index (χ1v) is 7.17. The van der Waals surface area contributed by atoms with Crippen molar-refractivity contribution in [3.05, 3.63) is 29.8 Å². The van der Waals surface area contributed by atoms with E-state index in [0.717, 1.165) is 24.9 Å². The molecule has 1 atom stereocenters. The summed E-state index contributed by atoms with van der Waals surface area (Å²) in [6, 6.07) is 8.04. The van der Waals surface area contributed by atoms with Crippen molar-refractivity contribution in [2.24, 2.45) is 5.92 Å². The van der Waals surface area contributed by atoms with Crippen LogP contribution in [0.5, 0.6) is 0 Å². The summed E-state index contributed by atoms with van der Waals surface area (Å²) >= 11 is 0. The maximum Gasteiger partial charge on any atom is 0.319 e. The Morgan fingerprint density at radius 3 is 2.58 bits per heavy atom. The summed E-state index contributed by atoms with van der Waals surface area (Å²) in [7, 11) is 0. The average molecular weight is 262 g/mol. The third-order valence-electron chi connectivity index (χ3n) is 3.15. The molecular formula is C16H26N2O. The fourth-order valence-corrected chi connectivity index (χ4v) is 1.92. The maximum atomic E-state index is 11.8. The number of urea groups is 1. The second-order valence-electron chi connectivity index (χ2n) is 5.52. The van der Waals surface area contributed by atoms with Gasteiger partial charge in [0, 0.05) is 11.7 Å². The molecule has 0 aliphatic rings. The average Bonchev–Trinajstić information content (AvgIpc) is 2.36. The van der Waals surface area contributed by atoms with Crippen molar-refractivity contribution in [3.8, 4) is 0 Å². The van der Waals surface area contributed by atoms with Crippen LogP contribution in [0.1, 0.15) is 46.1 Å². The van der Waals surface area contributed by atoms with Crippen LogP contribution in [0, 0.1) is 5.92 Å². The molecular weight excluding hydrogens is 236 g/mol. The highest BCUT2D eigenvalue weighted by atomic mass is 16.2. The normalized spacial score (nSPS) is 12.3. The summed E-state index contributed by atoms with van der Waals surface area (Å²) in [4.78, 5) is 11.8. The monoisotopic (exact) mass is 262 g/mol. The van der Waals surface area contributed by atoms with E-state index in [1.54, 1.807) is 0 Å². The van der Waals surface area contributed by atoms with Crippen molar-refractivity contribution in [1.82, 2.24) is 5.32 Å². The van der Waals surface area contributed by atoms with Crippen LogP contribution in [0.2, 0.25) is 0 Å². The fourth-order valence-electron chi connectivity index (χ4n) is 1.92. The second-order valence-corrected chi connectivity index (χ2v) is 5.52. The van der Waals surface area contributed by atoms with E-state index in [1.807, 2.05) is 25.1 Å². The van der Waals surface area contributed by atoms with Gasteiger partial charge in [0.1, 0.15) is 0 Å². The van der Waals surface area contributed by atoms with Gasteiger partial charge in [-0.2, -0.15) is 0 Å². The van der Waals surface area contributed by atoms with Crippen molar-refractivity contribution >= 4 is 11.7 Å². The Kier molecular flexibility index (Phi) is 6.40. The zero-order valence-electron chi connectivity index (χ0n) is 12.5. The molecule has 1 aromatic rings. The van der Waals surface area contributed by atoms with E-state index >= 15 is 0 Å². The smallest absolute Gasteiger partial charge is 0.319 e. The number of benzene rings is 1. The number of carbonyl (C=O) groups is 1. The van der Waals surface area contributed by atoms with Gasteiger partial charge in [-0.1, -0.05) is 32.9 Å². The van der Waals surface area contributed by atoms with Crippen molar-refractivity contribution in [2.45, 2.75) is 53.0 Å². The quantitative estimate of drug-likeness (QED) is 0.792. The van der Waals surface area contributed by atoms with Crippen LogP contribution in [-0.4, -0.2) is 12.1 Å². The molecule has 2 N–H and O–H groups in total. The van der Waals surface area contributed by atoms with Gasteiger partial charge in [-0.25, -0.2) is 4.79 Å². The summed E-state index contributed by atoms with van der Waals surface area (Å²) in [5.41, 5.74) is 2.08. The number of carbonyl (C=O) groups excluding carboxylic acids is 1. The molecule has 0 heterocycles. The summed E-state index contributed by atoms with van der Waals surface area (Å²) in [5.74, 6) is 0.675. The Bertz CT molecular complexity index is 401. The number of rotatable bonds is 6. The Morgan fingerprint density at radius 1 is 1.21 bits per heavy atom. The standard InChI is InChI=1S/C16H26N2O/c1-5-14-7-6-8-15(11-14)18-16(19)17-13(4)10-9-12(2)3/h6-8,11-13H,5,9-10H2,1-4H3,(H2,17,18,19). The molecule has 0 bridgehead atoms. The van der Waals surface area contributed by atoms with E-state index in [0.29, 0.717) is 5.92 Å². The maximum absolute atomic E-state index is 11.8. The lowest BCUT2D eigenvalue weighted by Gasteiger charge is -2.16. The third-order valence-corrected chi connectivity index (χ3v) is 3.15. The molecule has 2 amide bonds. The van der Waals surface area contributed by atoms with Gasteiger partial charge in [-0.15, -0.1) is 0 Å². The highest BCUT2D eigenvalue weighted by molar-refractivity contribution is 5.89. The van der Waals surface area contributed by atoms with Gasteiger partial charge >= 0.3 is 6.03 Å². The molecule has 3 nitrogen and oxygen atoms in total. The Labute approximate surface area is 116 Å². The molecule has 19 heavy (non-hydrogen) atoms. The van der Waals surface area contributed by atoms with E-state index in [-0.39, 0.29) is 12.1 Å². The predicted octanol–water partition coefficient (Wildman–Crippen LogP) is 4.20. The number of hydrogen-bond donors (Lipinski definition) is 2. The topological polar surface area (TPSA) is 41.1 Å². The number of nitrogens with one attached hydrogen (secondary N) is 2. The first-order valence-electron chi connectivity index (χ1n) is 7.17. The molecule has 106 valence electrons. The molecule has 0 aromatic heterocycles. The van der Waals surface area contributed by atoms with E-state index in [9.17, 15) is 4.79 Å². The van der Waals surface area contributed by atoms with Gasteiger partial charge in [0.05, 0.1) is 0 Å². The fraction of sp³-hybridized carbons (Fsp3) is 0.562. The third kappa shape index (κ3) is 6.27. The summed E-state index contributed by atoms with van der Waals surface area (Å²) < 4.78 is 0. The first kappa shape index (κ1) is 15.5. The molecule has 0 saturated carbocycles. The SMILES string of the molecule is CCc1cccc(NC(=O)NC(C)CCC(C)C)c1. The van der Waals surface area contributed by atoms with Gasteiger partial charge in [-0.3, -0.25) is 0 Å². The van der Waals surface area contributed by atoms with E-state index in [4.69, 9.17) is 0 Å². The molecule has 3 heteroatoms. The largest absolute Gasteiger partial charge is 0.335 e. The number of anilines is 1. The van der Waals surface area contributed by atoms with Crippen molar-refractivity contribution in [2.75, 3.05) is 5.32 Å². The van der Waals surface area contributed by atoms with Crippen LogP contribution in [0.4, 0.5) is 10.5 Å². The number of hydrogen-bond acceptors (Lipinski definition) is 1. The van der Waals surface area contributed by atoms with Crippen LogP contribution >= 0.6 is 0 Å². The van der Waals surface area contributed by atoms with Crippen molar-refractivity contribution < 1.29 is 4.79 Å².